The maximum atomic E-state index is 12.7. The summed E-state index contributed by atoms with van der Waals surface area (Å²) in [5.41, 5.74) is 2.32. The van der Waals surface area contributed by atoms with Crippen LogP contribution in [0, 0.1) is 13.8 Å². The van der Waals surface area contributed by atoms with Crippen molar-refractivity contribution in [2.24, 2.45) is 0 Å². The molecule has 3 rings (SSSR count). The molecule has 0 spiro atoms. The largest absolute Gasteiger partial charge is 0.268 e. The number of rotatable bonds is 1. The molecule has 1 aromatic heterocycles. The molecule has 0 aliphatic rings. The Labute approximate surface area is 121 Å². The lowest BCUT2D eigenvalue weighted by molar-refractivity contribution is 0.894. The Hall–Kier alpha value is -2.13. The van der Waals surface area contributed by atoms with Crippen LogP contribution in [-0.2, 0) is 0 Å². The third-order valence-corrected chi connectivity index (χ3v) is 3.59. The predicted molar refractivity (Wildman–Crippen MR) is 81.8 cm³/mol. The molecule has 0 aliphatic heterocycles. The smallest absolute Gasteiger partial charge is 0.266 e. The van der Waals surface area contributed by atoms with Crippen LogP contribution in [0.4, 0.5) is 0 Å². The van der Waals surface area contributed by atoms with Gasteiger partial charge in [0.05, 0.1) is 21.6 Å². The highest BCUT2D eigenvalue weighted by molar-refractivity contribution is 6.32. The molecule has 0 saturated heterocycles. The molecule has 3 nitrogen and oxygen atoms in total. The zero-order valence-corrected chi connectivity index (χ0v) is 12.0. The van der Waals surface area contributed by atoms with E-state index in [1.807, 2.05) is 50.2 Å². The number of aryl methyl sites for hydroxylation is 2. The lowest BCUT2D eigenvalue weighted by atomic mass is 10.2. The molecule has 2 aromatic carbocycles. The summed E-state index contributed by atoms with van der Waals surface area (Å²) in [6, 6.07) is 13.0. The Morgan fingerprint density at radius 2 is 1.85 bits per heavy atom. The van der Waals surface area contributed by atoms with E-state index in [1.165, 1.54) is 0 Å². The molecule has 0 radical (unpaired) electrons. The zero-order valence-electron chi connectivity index (χ0n) is 11.2. The fraction of sp³-hybridized carbons (Fsp3) is 0.125. The van der Waals surface area contributed by atoms with E-state index in [1.54, 1.807) is 10.6 Å². The summed E-state index contributed by atoms with van der Waals surface area (Å²) in [7, 11) is 0. The lowest BCUT2D eigenvalue weighted by Gasteiger charge is -2.12. The first kappa shape index (κ1) is 12.9. The summed E-state index contributed by atoms with van der Waals surface area (Å²) in [6.07, 6.45) is 0. The normalized spacial score (nSPS) is 10.9. The van der Waals surface area contributed by atoms with Crippen LogP contribution >= 0.6 is 11.6 Å². The standard InChI is InChI=1S/C16H13ClN2O/c1-10-7-8-15(13(17)9-10)19-11(2)18-14-6-4-3-5-12(14)16(19)20/h3-9H,1-2H3. The van der Waals surface area contributed by atoms with Gasteiger partial charge in [0.2, 0.25) is 0 Å². The fourth-order valence-electron chi connectivity index (χ4n) is 2.32. The SMILES string of the molecule is Cc1ccc(-n2c(C)nc3ccccc3c2=O)c(Cl)c1. The highest BCUT2D eigenvalue weighted by Gasteiger charge is 2.11. The summed E-state index contributed by atoms with van der Waals surface area (Å²) >= 11 is 6.27. The zero-order chi connectivity index (χ0) is 14.3. The van der Waals surface area contributed by atoms with Crippen LogP contribution in [0.2, 0.25) is 5.02 Å². The topological polar surface area (TPSA) is 34.9 Å². The van der Waals surface area contributed by atoms with E-state index in [9.17, 15) is 4.79 Å². The third kappa shape index (κ3) is 2.00. The molecule has 1 heterocycles. The first-order valence-corrected chi connectivity index (χ1v) is 6.70. The number of hydrogen-bond acceptors (Lipinski definition) is 2. The van der Waals surface area contributed by atoms with Gasteiger partial charge in [-0.1, -0.05) is 29.8 Å². The second kappa shape index (κ2) is 4.76. The van der Waals surface area contributed by atoms with E-state index in [2.05, 4.69) is 4.98 Å². The Morgan fingerprint density at radius 3 is 2.60 bits per heavy atom. The van der Waals surface area contributed by atoms with Crippen molar-refractivity contribution in [1.82, 2.24) is 9.55 Å². The first-order chi connectivity index (χ1) is 9.58. The minimum absolute atomic E-state index is 0.0983. The van der Waals surface area contributed by atoms with Crippen LogP contribution in [0.5, 0.6) is 0 Å². The van der Waals surface area contributed by atoms with Crippen LogP contribution < -0.4 is 5.56 Å². The van der Waals surface area contributed by atoms with Gasteiger partial charge in [0.1, 0.15) is 5.82 Å². The van der Waals surface area contributed by atoms with Crippen LogP contribution in [0.15, 0.2) is 47.3 Å². The summed E-state index contributed by atoms with van der Waals surface area (Å²) in [5, 5.41) is 1.14. The highest BCUT2D eigenvalue weighted by atomic mass is 35.5. The van der Waals surface area contributed by atoms with Gasteiger partial charge in [-0.25, -0.2) is 4.98 Å². The first-order valence-electron chi connectivity index (χ1n) is 6.33. The maximum absolute atomic E-state index is 12.7. The van der Waals surface area contributed by atoms with Gasteiger partial charge >= 0.3 is 0 Å². The average molecular weight is 285 g/mol. The van der Waals surface area contributed by atoms with Crippen LogP contribution in [0.25, 0.3) is 16.6 Å². The molecule has 0 bridgehead atoms. The third-order valence-electron chi connectivity index (χ3n) is 3.29. The number of halogens is 1. The van der Waals surface area contributed by atoms with Gasteiger partial charge < -0.3 is 0 Å². The van der Waals surface area contributed by atoms with E-state index >= 15 is 0 Å². The van der Waals surface area contributed by atoms with Crippen LogP contribution in [0.1, 0.15) is 11.4 Å². The molecular formula is C16H13ClN2O. The van der Waals surface area contributed by atoms with Gasteiger partial charge in [-0.05, 0) is 43.7 Å². The molecule has 100 valence electrons. The molecule has 0 atom stereocenters. The summed E-state index contributed by atoms with van der Waals surface area (Å²) < 4.78 is 1.56. The van der Waals surface area contributed by atoms with Crippen molar-refractivity contribution in [2.45, 2.75) is 13.8 Å². The molecule has 4 heteroatoms. The van der Waals surface area contributed by atoms with Gasteiger partial charge in [-0.15, -0.1) is 0 Å². The van der Waals surface area contributed by atoms with Crippen molar-refractivity contribution in [3.05, 3.63) is 69.2 Å². The van der Waals surface area contributed by atoms with E-state index in [-0.39, 0.29) is 5.56 Å². The molecule has 0 fully saturated rings. The lowest BCUT2D eigenvalue weighted by Crippen LogP contribution is -2.22. The minimum atomic E-state index is -0.0983. The van der Waals surface area contributed by atoms with Crippen molar-refractivity contribution in [3.63, 3.8) is 0 Å². The molecule has 0 amide bonds. The van der Waals surface area contributed by atoms with Crippen LogP contribution in [0.3, 0.4) is 0 Å². The minimum Gasteiger partial charge on any atom is -0.268 e. The number of hydrogen-bond donors (Lipinski definition) is 0. The molecule has 0 N–H and O–H groups in total. The molecule has 0 saturated carbocycles. The number of aromatic nitrogens is 2. The van der Waals surface area contributed by atoms with E-state index < -0.39 is 0 Å². The van der Waals surface area contributed by atoms with Gasteiger partial charge in [0.15, 0.2) is 0 Å². The van der Waals surface area contributed by atoms with Gasteiger partial charge in [0.25, 0.3) is 5.56 Å². The van der Waals surface area contributed by atoms with Crippen molar-refractivity contribution in [1.29, 1.82) is 0 Å². The molecule has 0 aliphatic carbocycles. The summed E-state index contributed by atoms with van der Waals surface area (Å²) in [4.78, 5) is 17.1. The van der Waals surface area contributed by atoms with Crippen molar-refractivity contribution in [3.8, 4) is 5.69 Å². The molecular weight excluding hydrogens is 272 g/mol. The summed E-state index contributed by atoms with van der Waals surface area (Å²) in [6.45, 7) is 3.77. The second-order valence-corrected chi connectivity index (χ2v) is 5.18. The van der Waals surface area contributed by atoms with Gasteiger partial charge in [0, 0.05) is 0 Å². The van der Waals surface area contributed by atoms with Crippen molar-refractivity contribution < 1.29 is 0 Å². The number of fused-ring (bicyclic) bond motifs is 1. The number of nitrogens with zero attached hydrogens (tertiary/aromatic N) is 2. The molecule has 3 aromatic rings. The van der Waals surface area contributed by atoms with Crippen LogP contribution in [-0.4, -0.2) is 9.55 Å². The Bertz CT molecular complexity index is 868. The maximum Gasteiger partial charge on any atom is 0.266 e. The second-order valence-electron chi connectivity index (χ2n) is 4.77. The average Bonchev–Trinajstić information content (AvgIpc) is 2.41. The van der Waals surface area contributed by atoms with Gasteiger partial charge in [-0.3, -0.25) is 9.36 Å². The van der Waals surface area contributed by atoms with Gasteiger partial charge in [-0.2, -0.15) is 0 Å². The number of para-hydroxylation sites is 1. The quantitative estimate of drug-likeness (QED) is 0.683. The Balaban J connectivity index is 2.39. The Morgan fingerprint density at radius 1 is 1.10 bits per heavy atom. The number of benzene rings is 2. The van der Waals surface area contributed by atoms with E-state index in [0.29, 0.717) is 27.4 Å². The highest BCUT2D eigenvalue weighted by Crippen LogP contribution is 2.22. The fourth-order valence-corrected chi connectivity index (χ4v) is 2.64. The Kier molecular flexibility index (Phi) is 3.07. The van der Waals surface area contributed by atoms with Crippen molar-refractivity contribution >= 4 is 22.5 Å². The molecule has 20 heavy (non-hydrogen) atoms. The van der Waals surface area contributed by atoms with E-state index in [4.69, 9.17) is 11.6 Å². The summed E-state index contributed by atoms with van der Waals surface area (Å²) in [5.74, 6) is 0.624. The molecule has 0 unspecified atom stereocenters. The van der Waals surface area contributed by atoms with Crippen molar-refractivity contribution in [2.75, 3.05) is 0 Å². The predicted octanol–water partition coefficient (Wildman–Crippen LogP) is 3.66. The van der Waals surface area contributed by atoms with E-state index in [0.717, 1.165) is 5.56 Å². The monoisotopic (exact) mass is 284 g/mol.